The van der Waals surface area contributed by atoms with Gasteiger partial charge in [0.2, 0.25) is 0 Å². The van der Waals surface area contributed by atoms with Gasteiger partial charge in [0, 0.05) is 32.9 Å². The van der Waals surface area contributed by atoms with Crippen molar-refractivity contribution in [2.75, 3.05) is 39.3 Å². The van der Waals surface area contributed by atoms with Crippen LogP contribution < -0.4 is 21.1 Å². The highest BCUT2D eigenvalue weighted by molar-refractivity contribution is 7.52. The molecule has 2 aromatic heterocycles. The molecule has 0 aliphatic heterocycles. The Bertz CT molecular complexity index is 1700. The average Bonchev–Trinajstić information content (AvgIpc) is 3.62. The number of para-hydroxylation sites is 1. The minimum Gasteiger partial charge on any atom is -0.464 e. The maximum Gasteiger partial charge on any atom is 0.459 e. The van der Waals surface area contributed by atoms with Gasteiger partial charge >= 0.3 is 13.7 Å². The molecule has 7 N–H and O–H groups in total. The Morgan fingerprint density at radius 3 is 2.00 bits per heavy atom. The molecule has 0 radical (unpaired) electrons. The average molecular weight is 865 g/mol. The molecule has 0 saturated carbocycles. The van der Waals surface area contributed by atoms with Gasteiger partial charge in [-0.25, -0.2) is 14.5 Å². The van der Waals surface area contributed by atoms with Gasteiger partial charge in [-0.3, -0.25) is 14.1 Å². The lowest BCUT2D eigenvalue weighted by Crippen LogP contribution is -2.40. The van der Waals surface area contributed by atoms with E-state index in [2.05, 4.69) is 22.0 Å². The first kappa shape index (κ1) is 52.5. The van der Waals surface area contributed by atoms with Gasteiger partial charge in [-0.2, -0.15) is 5.09 Å². The third kappa shape index (κ3) is 18.6. The topological polar surface area (TPSA) is 233 Å². The van der Waals surface area contributed by atoms with E-state index in [1.54, 1.807) is 37.3 Å². The van der Waals surface area contributed by atoms with Crippen LogP contribution >= 0.6 is 7.75 Å². The summed E-state index contributed by atoms with van der Waals surface area (Å²) in [6, 6.07) is 7.04. The predicted octanol–water partition coefficient (Wildman–Crippen LogP) is 7.93. The number of amides is 1. The second-order valence-corrected chi connectivity index (χ2v) is 16.3. The number of fused-ring (bicyclic) bond motifs is 1. The zero-order chi connectivity index (χ0) is 44.3. The summed E-state index contributed by atoms with van der Waals surface area (Å²) in [5.41, 5.74) is 11.5. The highest BCUT2D eigenvalue weighted by atomic mass is 31.2. The van der Waals surface area contributed by atoms with Crippen LogP contribution in [0.3, 0.4) is 0 Å². The first-order valence-corrected chi connectivity index (χ1v) is 23.3. The van der Waals surface area contributed by atoms with Crippen LogP contribution in [-0.4, -0.2) is 88.4 Å². The standard InChI is InChI=1S/C41H67N6O10P.C2H6/c1-5-6-7-8-9-10-11-12-13-14-15-16-17-21-25-54-26-22-27-55-41(51)30(2)46-58(52,57-32-23-19-18-20-24-32)56-29-34(53-4)36(48)40(50)47-28-33(38(43)49)35-37(42)44-31(3)45-39(35)47;1-2/h18-20,23-24,28,30,34,36,40,48,50H,5-17,21-22,25-27,29H2,1-4H3,(H2,43,49)(H,46,52)(H2,42,44,45);1-2H3/t30-,34?,36+,40+,58?;/m0./s1. The number of nitrogen functional groups attached to an aromatic ring is 1. The number of ether oxygens (including phenoxy) is 3. The van der Waals surface area contributed by atoms with Gasteiger partial charge in [-0.05, 0) is 32.4 Å². The van der Waals surface area contributed by atoms with Gasteiger partial charge in [0.05, 0.1) is 24.2 Å². The number of aryl methyl sites for hydroxylation is 1. The number of esters is 1. The van der Waals surface area contributed by atoms with Gasteiger partial charge in [0.25, 0.3) is 5.91 Å². The molecule has 0 bridgehead atoms. The Morgan fingerprint density at radius 1 is 0.867 bits per heavy atom. The number of hydrogen-bond acceptors (Lipinski definition) is 13. The number of unbranched alkanes of at least 4 members (excludes halogenated alkanes) is 13. The van der Waals surface area contributed by atoms with E-state index in [0.29, 0.717) is 19.6 Å². The van der Waals surface area contributed by atoms with E-state index in [0.717, 1.165) is 17.4 Å². The lowest BCUT2D eigenvalue weighted by atomic mass is 10.0. The number of rotatable bonds is 32. The van der Waals surface area contributed by atoms with Crippen LogP contribution in [0.5, 0.6) is 5.75 Å². The smallest absolute Gasteiger partial charge is 0.459 e. The van der Waals surface area contributed by atoms with Crippen LogP contribution in [0, 0.1) is 6.92 Å². The van der Waals surface area contributed by atoms with Crippen molar-refractivity contribution in [2.24, 2.45) is 5.73 Å². The molecule has 340 valence electrons. The van der Waals surface area contributed by atoms with Gasteiger partial charge in [0.1, 0.15) is 41.3 Å². The summed E-state index contributed by atoms with van der Waals surface area (Å²) in [4.78, 5) is 33.4. The molecule has 0 aliphatic rings. The maximum atomic E-state index is 14.1. The highest BCUT2D eigenvalue weighted by Crippen LogP contribution is 2.45. The fourth-order valence-electron chi connectivity index (χ4n) is 6.47. The number of benzene rings is 1. The lowest BCUT2D eigenvalue weighted by Gasteiger charge is -2.29. The molecule has 16 nitrogen and oxygen atoms in total. The number of carbonyl (C=O) groups excluding carboxylic acids is 2. The second kappa shape index (κ2) is 29.6. The first-order chi connectivity index (χ1) is 28.9. The normalized spacial score (nSPS) is 14.4. The zero-order valence-corrected chi connectivity index (χ0v) is 37.7. The van der Waals surface area contributed by atoms with Crippen molar-refractivity contribution < 1.29 is 47.6 Å². The highest BCUT2D eigenvalue weighted by Gasteiger charge is 2.37. The molecule has 17 heteroatoms. The second-order valence-electron chi connectivity index (χ2n) is 14.6. The Labute approximate surface area is 357 Å². The van der Waals surface area contributed by atoms with Crippen LogP contribution in [0.25, 0.3) is 11.0 Å². The molecule has 0 aliphatic carbocycles. The van der Waals surface area contributed by atoms with Gasteiger partial charge in [-0.1, -0.05) is 122 Å². The van der Waals surface area contributed by atoms with Crippen LogP contribution in [0.1, 0.15) is 146 Å². The fraction of sp³-hybridized carbons (Fsp3) is 0.674. The maximum absolute atomic E-state index is 14.1. The van der Waals surface area contributed by atoms with Crippen LogP contribution in [0.2, 0.25) is 0 Å². The molecule has 0 spiro atoms. The molecule has 5 atom stereocenters. The van der Waals surface area contributed by atoms with Gasteiger partial charge in [-0.15, -0.1) is 0 Å². The summed E-state index contributed by atoms with van der Waals surface area (Å²) in [6.07, 6.45) is 15.0. The van der Waals surface area contributed by atoms with Crippen molar-refractivity contribution in [1.29, 1.82) is 0 Å². The van der Waals surface area contributed by atoms with E-state index >= 15 is 0 Å². The Kier molecular flexibility index (Phi) is 25.9. The van der Waals surface area contributed by atoms with Gasteiger partial charge < -0.3 is 45.0 Å². The molecule has 3 aromatic rings. The van der Waals surface area contributed by atoms with Crippen LogP contribution in [-0.2, 0) is 28.1 Å². The Hall–Kier alpha value is -3.63. The Balaban J connectivity index is 0.00000610. The van der Waals surface area contributed by atoms with E-state index < -0.39 is 50.7 Å². The largest absolute Gasteiger partial charge is 0.464 e. The number of nitrogens with two attached hydrogens (primary N) is 2. The molecule has 60 heavy (non-hydrogen) atoms. The molecule has 0 fully saturated rings. The lowest BCUT2D eigenvalue weighted by molar-refractivity contribution is -0.145. The molecule has 0 saturated heterocycles. The summed E-state index contributed by atoms with van der Waals surface area (Å²) >= 11 is 0. The van der Waals surface area contributed by atoms with E-state index in [4.69, 9.17) is 34.7 Å². The van der Waals surface area contributed by atoms with E-state index in [-0.39, 0.29) is 40.6 Å². The third-order valence-electron chi connectivity index (χ3n) is 9.75. The number of aliphatic hydroxyl groups excluding tert-OH is 2. The predicted molar refractivity (Wildman–Crippen MR) is 235 cm³/mol. The number of nitrogens with zero attached hydrogens (tertiary/aromatic N) is 3. The van der Waals surface area contributed by atoms with Crippen molar-refractivity contribution >= 4 is 36.5 Å². The van der Waals surface area contributed by atoms with Crippen molar-refractivity contribution in [3.8, 4) is 5.75 Å². The number of carbonyl (C=O) groups is 2. The quantitative estimate of drug-likeness (QED) is 0.0228. The molecule has 1 aromatic carbocycles. The minimum atomic E-state index is -4.35. The number of aromatic nitrogens is 3. The fourth-order valence-corrected chi connectivity index (χ4v) is 7.97. The van der Waals surface area contributed by atoms with Crippen LogP contribution in [0.15, 0.2) is 36.5 Å². The zero-order valence-electron chi connectivity index (χ0n) is 36.8. The number of anilines is 1. The third-order valence-corrected chi connectivity index (χ3v) is 11.4. The summed E-state index contributed by atoms with van der Waals surface area (Å²) in [7, 11) is -3.11. The van der Waals surface area contributed by atoms with Crippen molar-refractivity contribution in [2.45, 2.75) is 155 Å². The molecule has 2 unspecified atom stereocenters. The summed E-state index contributed by atoms with van der Waals surface area (Å²) in [5.74, 6) is -1.15. The number of hydrogen-bond donors (Lipinski definition) is 5. The minimum absolute atomic E-state index is 0.0372. The summed E-state index contributed by atoms with van der Waals surface area (Å²) in [5, 5.41) is 25.2. The number of nitrogens with one attached hydrogen (secondary N) is 1. The first-order valence-electron chi connectivity index (χ1n) is 21.8. The summed E-state index contributed by atoms with van der Waals surface area (Å²) < 4.78 is 43.1. The van der Waals surface area contributed by atoms with E-state index in [1.807, 2.05) is 13.8 Å². The van der Waals surface area contributed by atoms with Crippen molar-refractivity contribution in [1.82, 2.24) is 19.6 Å². The number of primary amides is 1. The van der Waals surface area contributed by atoms with E-state index in [9.17, 15) is 24.4 Å². The monoisotopic (exact) mass is 865 g/mol. The Morgan fingerprint density at radius 2 is 1.43 bits per heavy atom. The molecular weight excluding hydrogens is 791 g/mol. The van der Waals surface area contributed by atoms with E-state index in [1.165, 1.54) is 97.3 Å². The molecule has 3 rings (SSSR count). The number of aliphatic hydroxyl groups is 2. The van der Waals surface area contributed by atoms with Crippen molar-refractivity contribution in [3.63, 3.8) is 0 Å². The SMILES string of the molecule is CC.CCCCCCCCCCCCCCCCOCCCOC(=O)[C@H](C)NP(=O)(OCC(OC)[C@@H](O)[C@@H](O)n1cc(C(N)=O)c2c(N)nc(C)nc21)Oc1ccccc1. The molecular formula is C43H73N6O10P. The summed E-state index contributed by atoms with van der Waals surface area (Å²) in [6.45, 7) is 9.90. The molecule has 2 heterocycles. The molecule has 1 amide bonds. The van der Waals surface area contributed by atoms with Gasteiger partial charge in [0.15, 0.2) is 6.23 Å². The van der Waals surface area contributed by atoms with Crippen molar-refractivity contribution in [3.05, 3.63) is 47.9 Å². The van der Waals surface area contributed by atoms with Crippen LogP contribution in [0.4, 0.5) is 5.82 Å². The number of methoxy groups -OCH3 is 1.